The molecule has 0 saturated heterocycles. The van der Waals surface area contributed by atoms with Crippen LogP contribution in [0.3, 0.4) is 0 Å². The van der Waals surface area contributed by atoms with Gasteiger partial charge < -0.3 is 25.1 Å². The lowest BCUT2D eigenvalue weighted by Crippen LogP contribution is -2.00. The third-order valence-corrected chi connectivity index (χ3v) is 3.51. The summed E-state index contributed by atoms with van der Waals surface area (Å²) < 4.78 is 15.6. The van der Waals surface area contributed by atoms with Gasteiger partial charge in [0, 0.05) is 17.3 Å². The van der Waals surface area contributed by atoms with E-state index < -0.39 is 5.97 Å². The van der Waals surface area contributed by atoms with Crippen LogP contribution in [0.4, 0.5) is 5.69 Å². The van der Waals surface area contributed by atoms with Crippen molar-refractivity contribution < 1.29 is 24.1 Å². The van der Waals surface area contributed by atoms with Crippen molar-refractivity contribution >= 4 is 23.3 Å². The van der Waals surface area contributed by atoms with Gasteiger partial charge in [-0.05, 0) is 29.8 Å². The summed E-state index contributed by atoms with van der Waals surface area (Å²) in [6, 6.07) is 10.1. The van der Waals surface area contributed by atoms with Gasteiger partial charge >= 0.3 is 5.97 Å². The van der Waals surface area contributed by atoms with Crippen LogP contribution in [-0.2, 0) is 4.79 Å². The molecule has 0 aromatic heterocycles. The molecule has 0 amide bonds. The number of hydrogen-bond donors (Lipinski definition) is 2. The molecule has 6 nitrogen and oxygen atoms in total. The van der Waals surface area contributed by atoms with Crippen molar-refractivity contribution in [3.8, 4) is 17.2 Å². The highest BCUT2D eigenvalue weighted by atomic mass is 16.7. The highest BCUT2D eigenvalue weighted by molar-refractivity contribution is 6.21. The van der Waals surface area contributed by atoms with Gasteiger partial charge in [0.2, 0.25) is 6.79 Å². The first-order valence-corrected chi connectivity index (χ1v) is 6.87. The van der Waals surface area contributed by atoms with E-state index >= 15 is 0 Å². The molecule has 2 aromatic carbocycles. The smallest absolute Gasteiger partial charge is 0.336 e. The molecule has 0 saturated carbocycles. The fourth-order valence-corrected chi connectivity index (χ4v) is 2.29. The maximum absolute atomic E-state index is 11.6. The number of nitrogens with two attached hydrogens (primary N) is 1. The summed E-state index contributed by atoms with van der Waals surface area (Å²) in [5, 5.41) is 9.50. The third kappa shape index (κ3) is 2.91. The van der Waals surface area contributed by atoms with Crippen molar-refractivity contribution in [2.75, 3.05) is 19.6 Å². The molecule has 0 fully saturated rings. The lowest BCUT2D eigenvalue weighted by molar-refractivity contribution is -0.130. The molecule has 1 aliphatic heterocycles. The molecule has 3 rings (SSSR count). The minimum atomic E-state index is -1.05. The van der Waals surface area contributed by atoms with Crippen LogP contribution in [0.25, 0.3) is 11.6 Å². The summed E-state index contributed by atoms with van der Waals surface area (Å²) >= 11 is 0. The van der Waals surface area contributed by atoms with Crippen LogP contribution in [0.2, 0.25) is 0 Å². The largest absolute Gasteiger partial charge is 0.497 e. The van der Waals surface area contributed by atoms with Gasteiger partial charge in [-0.25, -0.2) is 4.79 Å². The number of rotatable bonds is 4. The Bertz CT molecular complexity index is 780. The van der Waals surface area contributed by atoms with E-state index in [0.717, 1.165) is 0 Å². The first kappa shape index (κ1) is 14.8. The Balaban J connectivity index is 2.04. The SMILES string of the molecule is COc1ccc(C(=Cc2cc3c(cc2N)OCO3)C(=O)O)cc1. The molecule has 3 N–H and O–H groups in total. The van der Waals surface area contributed by atoms with Gasteiger partial charge in [-0.1, -0.05) is 12.1 Å². The van der Waals surface area contributed by atoms with Gasteiger partial charge in [-0.15, -0.1) is 0 Å². The number of aliphatic carboxylic acids is 1. The second-order valence-corrected chi connectivity index (χ2v) is 4.93. The summed E-state index contributed by atoms with van der Waals surface area (Å²) in [6.07, 6.45) is 1.52. The van der Waals surface area contributed by atoms with Crippen LogP contribution < -0.4 is 19.9 Å². The fraction of sp³-hybridized carbons (Fsp3) is 0.118. The molecule has 0 bridgehead atoms. The van der Waals surface area contributed by atoms with Gasteiger partial charge in [0.05, 0.1) is 12.7 Å². The molecular weight excluding hydrogens is 298 g/mol. The average molecular weight is 313 g/mol. The van der Waals surface area contributed by atoms with Crippen LogP contribution in [0.1, 0.15) is 11.1 Å². The summed E-state index contributed by atoms with van der Waals surface area (Å²) in [4.78, 5) is 11.6. The number of benzene rings is 2. The Hall–Kier alpha value is -3.15. The molecule has 0 spiro atoms. The van der Waals surface area contributed by atoms with Crippen molar-refractivity contribution in [3.63, 3.8) is 0 Å². The molecule has 6 heteroatoms. The van der Waals surface area contributed by atoms with E-state index in [0.29, 0.717) is 34.1 Å². The van der Waals surface area contributed by atoms with Crippen molar-refractivity contribution in [1.82, 2.24) is 0 Å². The predicted octanol–water partition coefficient (Wildman–Crippen LogP) is 2.63. The number of carbonyl (C=O) groups is 1. The molecule has 118 valence electrons. The molecule has 23 heavy (non-hydrogen) atoms. The Morgan fingerprint density at radius 3 is 2.48 bits per heavy atom. The first-order chi connectivity index (χ1) is 11.1. The summed E-state index contributed by atoms with van der Waals surface area (Å²) in [6.45, 7) is 0.131. The molecule has 0 unspecified atom stereocenters. The Kier molecular flexibility index (Phi) is 3.80. The second-order valence-electron chi connectivity index (χ2n) is 4.93. The molecular formula is C17H15NO5. The molecule has 0 atom stereocenters. The zero-order chi connectivity index (χ0) is 16.4. The van der Waals surface area contributed by atoms with Gasteiger partial charge in [0.1, 0.15) is 5.75 Å². The van der Waals surface area contributed by atoms with Crippen LogP contribution in [-0.4, -0.2) is 25.0 Å². The number of anilines is 1. The van der Waals surface area contributed by atoms with Gasteiger partial charge in [0.25, 0.3) is 0 Å². The highest BCUT2D eigenvalue weighted by Crippen LogP contribution is 2.37. The molecule has 2 aromatic rings. The average Bonchev–Trinajstić information content (AvgIpc) is 2.99. The quantitative estimate of drug-likeness (QED) is 0.512. The molecule has 0 aliphatic carbocycles. The minimum Gasteiger partial charge on any atom is -0.497 e. The normalized spacial score (nSPS) is 13.0. The van der Waals surface area contributed by atoms with Crippen molar-refractivity contribution in [3.05, 3.63) is 47.5 Å². The van der Waals surface area contributed by atoms with E-state index in [1.54, 1.807) is 43.5 Å². The number of fused-ring (bicyclic) bond motifs is 1. The third-order valence-electron chi connectivity index (χ3n) is 3.51. The predicted molar refractivity (Wildman–Crippen MR) is 85.5 cm³/mol. The monoisotopic (exact) mass is 313 g/mol. The number of hydrogen-bond acceptors (Lipinski definition) is 5. The lowest BCUT2D eigenvalue weighted by Gasteiger charge is -2.07. The summed E-state index contributed by atoms with van der Waals surface area (Å²) in [5.41, 5.74) is 7.62. The van der Waals surface area contributed by atoms with Crippen LogP contribution in [0.5, 0.6) is 17.2 Å². The number of methoxy groups -OCH3 is 1. The zero-order valence-electron chi connectivity index (χ0n) is 12.4. The fourth-order valence-electron chi connectivity index (χ4n) is 2.29. The zero-order valence-corrected chi connectivity index (χ0v) is 12.4. The van der Waals surface area contributed by atoms with E-state index in [1.807, 2.05) is 0 Å². The molecule has 1 heterocycles. The van der Waals surface area contributed by atoms with Gasteiger partial charge in [-0.2, -0.15) is 0 Å². The van der Waals surface area contributed by atoms with Gasteiger partial charge in [0.15, 0.2) is 11.5 Å². The number of carboxylic acid groups (broad SMARTS) is 1. The number of ether oxygens (including phenoxy) is 3. The van der Waals surface area contributed by atoms with Crippen molar-refractivity contribution in [1.29, 1.82) is 0 Å². The van der Waals surface area contributed by atoms with E-state index in [2.05, 4.69) is 0 Å². The standard InChI is InChI=1S/C17H15NO5/c1-21-12-4-2-10(3-5-12)13(17(19)20)6-11-7-15-16(8-14(11)18)23-9-22-15/h2-8H,9,18H2,1H3,(H,19,20). The summed E-state index contributed by atoms with van der Waals surface area (Å²) in [7, 11) is 1.55. The van der Waals surface area contributed by atoms with Gasteiger partial charge in [-0.3, -0.25) is 0 Å². The Labute approximate surface area is 132 Å². The minimum absolute atomic E-state index is 0.123. The molecule has 0 radical (unpaired) electrons. The van der Waals surface area contributed by atoms with E-state index in [9.17, 15) is 9.90 Å². The van der Waals surface area contributed by atoms with E-state index in [1.165, 1.54) is 6.08 Å². The molecule has 1 aliphatic rings. The first-order valence-electron chi connectivity index (χ1n) is 6.87. The van der Waals surface area contributed by atoms with Crippen LogP contribution in [0.15, 0.2) is 36.4 Å². The van der Waals surface area contributed by atoms with E-state index in [4.69, 9.17) is 19.9 Å². The van der Waals surface area contributed by atoms with Crippen LogP contribution >= 0.6 is 0 Å². The Morgan fingerprint density at radius 2 is 1.87 bits per heavy atom. The second kappa shape index (κ2) is 5.92. The number of carboxylic acids is 1. The number of nitrogen functional groups attached to an aromatic ring is 1. The van der Waals surface area contributed by atoms with Crippen molar-refractivity contribution in [2.24, 2.45) is 0 Å². The topological polar surface area (TPSA) is 91.0 Å². The summed E-state index contributed by atoms with van der Waals surface area (Å²) in [5.74, 6) is 0.708. The maximum atomic E-state index is 11.6. The van der Waals surface area contributed by atoms with Crippen LogP contribution in [0, 0.1) is 0 Å². The van der Waals surface area contributed by atoms with Crippen molar-refractivity contribution in [2.45, 2.75) is 0 Å². The Morgan fingerprint density at radius 1 is 1.22 bits per heavy atom. The maximum Gasteiger partial charge on any atom is 0.336 e. The lowest BCUT2D eigenvalue weighted by atomic mass is 10.0. The van der Waals surface area contributed by atoms with E-state index in [-0.39, 0.29) is 12.4 Å². The highest BCUT2D eigenvalue weighted by Gasteiger charge is 2.17.